The third-order valence-electron chi connectivity index (χ3n) is 4.36. The van der Waals surface area contributed by atoms with E-state index < -0.39 is 5.69 Å². The Kier molecular flexibility index (Phi) is 2.75. The van der Waals surface area contributed by atoms with Crippen LogP contribution in [0.4, 0.5) is 5.82 Å². The van der Waals surface area contributed by atoms with Gasteiger partial charge in [0.25, 0.3) is 0 Å². The second kappa shape index (κ2) is 4.85. The van der Waals surface area contributed by atoms with E-state index in [0.717, 1.165) is 34.4 Å². The highest BCUT2D eigenvalue weighted by Gasteiger charge is 2.26. The van der Waals surface area contributed by atoms with Gasteiger partial charge in [0.1, 0.15) is 5.82 Å². The topological polar surface area (TPSA) is 86.7 Å². The molecule has 3 heterocycles. The number of hydrogen-bond acceptors (Lipinski definition) is 6. The first-order valence-corrected chi connectivity index (χ1v) is 8.62. The van der Waals surface area contributed by atoms with Crippen LogP contribution in [-0.2, 0) is 0 Å². The first-order chi connectivity index (χ1) is 11.7. The summed E-state index contributed by atoms with van der Waals surface area (Å²) < 4.78 is 2.49. The molecule has 1 fully saturated rings. The maximum absolute atomic E-state index is 12.6. The van der Waals surface area contributed by atoms with Gasteiger partial charge in [0.15, 0.2) is 5.65 Å². The minimum absolute atomic E-state index is 0.220. The average Bonchev–Trinajstić information content (AvgIpc) is 3.32. The Morgan fingerprint density at radius 3 is 2.88 bits per heavy atom. The van der Waals surface area contributed by atoms with Crippen molar-refractivity contribution in [2.75, 3.05) is 5.73 Å². The van der Waals surface area contributed by atoms with Gasteiger partial charge in [-0.1, -0.05) is 6.07 Å². The van der Waals surface area contributed by atoms with Crippen LogP contribution in [0.5, 0.6) is 0 Å². The van der Waals surface area contributed by atoms with Crippen molar-refractivity contribution in [1.29, 1.82) is 0 Å². The molecular formula is C17H13N5OS. The lowest BCUT2D eigenvalue weighted by molar-refractivity contribution is 0.933. The predicted octanol–water partition coefficient (Wildman–Crippen LogP) is 2.85. The molecule has 118 valence electrons. The average molecular weight is 335 g/mol. The van der Waals surface area contributed by atoms with E-state index in [0.29, 0.717) is 17.0 Å². The fraction of sp³-hybridized carbons (Fsp3) is 0.176. The predicted molar refractivity (Wildman–Crippen MR) is 94.7 cm³/mol. The molecule has 4 aromatic rings. The summed E-state index contributed by atoms with van der Waals surface area (Å²) in [6, 6.07) is 9.61. The van der Waals surface area contributed by atoms with Crippen molar-refractivity contribution >= 4 is 38.4 Å². The maximum atomic E-state index is 12.6. The summed E-state index contributed by atoms with van der Waals surface area (Å²) in [5, 5.41) is 0.695. The number of pyridine rings is 1. The molecule has 0 unspecified atom stereocenters. The summed E-state index contributed by atoms with van der Waals surface area (Å²) >= 11 is 1.50. The van der Waals surface area contributed by atoms with Gasteiger partial charge < -0.3 is 5.73 Å². The van der Waals surface area contributed by atoms with E-state index in [9.17, 15) is 4.79 Å². The largest absolute Gasteiger partial charge is 0.383 e. The van der Waals surface area contributed by atoms with Crippen LogP contribution in [0.15, 0.2) is 40.6 Å². The molecule has 0 aliphatic heterocycles. The third-order valence-corrected chi connectivity index (χ3v) is 5.23. The van der Waals surface area contributed by atoms with Gasteiger partial charge in [-0.05, 0) is 37.1 Å². The first kappa shape index (κ1) is 13.6. The highest BCUT2D eigenvalue weighted by Crippen LogP contribution is 2.39. The Morgan fingerprint density at radius 1 is 1.17 bits per heavy atom. The van der Waals surface area contributed by atoms with E-state index >= 15 is 0 Å². The summed E-state index contributed by atoms with van der Waals surface area (Å²) in [6.07, 6.45) is 2.29. The minimum atomic E-state index is -0.415. The zero-order valence-electron chi connectivity index (χ0n) is 12.6. The van der Waals surface area contributed by atoms with Gasteiger partial charge in [0.05, 0.1) is 26.8 Å². The number of rotatable bonds is 2. The van der Waals surface area contributed by atoms with E-state index in [1.165, 1.54) is 11.3 Å². The van der Waals surface area contributed by atoms with Crippen molar-refractivity contribution in [2.24, 2.45) is 0 Å². The second-order valence-electron chi connectivity index (χ2n) is 5.97. The molecule has 1 aliphatic carbocycles. The normalized spacial score (nSPS) is 14.5. The Bertz CT molecular complexity index is 1160. The molecule has 0 atom stereocenters. The van der Waals surface area contributed by atoms with Crippen LogP contribution in [0.25, 0.3) is 26.9 Å². The Morgan fingerprint density at radius 2 is 2.04 bits per heavy atom. The fourth-order valence-electron chi connectivity index (χ4n) is 3.01. The molecule has 1 aliphatic rings. The Labute approximate surface area is 140 Å². The third kappa shape index (κ3) is 1.94. The molecule has 1 saturated carbocycles. The lowest BCUT2D eigenvalue weighted by Gasteiger charge is -2.12. The van der Waals surface area contributed by atoms with E-state index in [-0.39, 0.29) is 5.82 Å². The Balaban J connectivity index is 1.91. The van der Waals surface area contributed by atoms with Gasteiger partial charge in [-0.25, -0.2) is 19.3 Å². The first-order valence-electron chi connectivity index (χ1n) is 7.74. The highest BCUT2D eigenvalue weighted by atomic mass is 32.1. The van der Waals surface area contributed by atoms with Crippen LogP contribution in [-0.4, -0.2) is 19.5 Å². The summed E-state index contributed by atoms with van der Waals surface area (Å²) in [5.41, 5.74) is 10.5. The van der Waals surface area contributed by atoms with Crippen LogP contribution in [0.1, 0.15) is 24.5 Å². The maximum Gasteiger partial charge on any atom is 0.355 e. The molecule has 24 heavy (non-hydrogen) atoms. The molecule has 1 aromatic carbocycles. The fourth-order valence-corrected chi connectivity index (χ4v) is 3.80. The molecule has 7 heteroatoms. The van der Waals surface area contributed by atoms with E-state index in [4.69, 9.17) is 10.7 Å². The molecule has 3 aromatic heterocycles. The van der Waals surface area contributed by atoms with Crippen LogP contribution in [0.3, 0.4) is 0 Å². The zero-order valence-corrected chi connectivity index (χ0v) is 13.5. The standard InChI is InChI=1S/C17H13N5OS/c18-15-10-6-7-11(9-4-5-9)20-16(10)22(17(23)21-15)13-3-1-2-12-14(13)24-8-19-12/h1-3,6-9H,4-5H2,(H2,18,21,23). The number of nitrogens with two attached hydrogens (primary N) is 1. The van der Waals surface area contributed by atoms with E-state index in [1.54, 1.807) is 10.1 Å². The van der Waals surface area contributed by atoms with E-state index in [2.05, 4.69) is 9.97 Å². The van der Waals surface area contributed by atoms with Crippen LogP contribution in [0.2, 0.25) is 0 Å². The lowest BCUT2D eigenvalue weighted by Crippen LogP contribution is -2.24. The molecular weight excluding hydrogens is 322 g/mol. The Hall–Kier alpha value is -2.80. The zero-order chi connectivity index (χ0) is 16.3. The quantitative estimate of drug-likeness (QED) is 0.609. The van der Waals surface area contributed by atoms with E-state index in [1.807, 2.05) is 30.3 Å². The molecule has 6 nitrogen and oxygen atoms in total. The van der Waals surface area contributed by atoms with Crippen molar-refractivity contribution in [3.05, 3.63) is 52.0 Å². The summed E-state index contributed by atoms with van der Waals surface area (Å²) in [6.45, 7) is 0. The molecule has 0 bridgehead atoms. The summed E-state index contributed by atoms with van der Waals surface area (Å²) in [7, 11) is 0. The molecule has 0 amide bonds. The SMILES string of the molecule is Nc1nc(=O)n(-c2cccc3ncsc23)c2nc(C3CC3)ccc12. The van der Waals surface area contributed by atoms with Crippen molar-refractivity contribution in [3.63, 3.8) is 0 Å². The number of aromatic nitrogens is 4. The molecule has 0 radical (unpaired) electrons. The number of nitrogens with zero attached hydrogens (tertiary/aromatic N) is 4. The number of anilines is 1. The van der Waals surface area contributed by atoms with Gasteiger partial charge >= 0.3 is 5.69 Å². The molecule has 5 rings (SSSR count). The van der Waals surface area contributed by atoms with Crippen LogP contribution in [0, 0.1) is 0 Å². The monoisotopic (exact) mass is 335 g/mol. The second-order valence-corrected chi connectivity index (χ2v) is 6.83. The number of benzene rings is 1. The van der Waals surface area contributed by atoms with Crippen molar-refractivity contribution in [3.8, 4) is 5.69 Å². The lowest BCUT2D eigenvalue weighted by atomic mass is 10.2. The van der Waals surface area contributed by atoms with Gasteiger partial charge in [-0.15, -0.1) is 11.3 Å². The number of thiazole rings is 1. The van der Waals surface area contributed by atoms with Gasteiger partial charge in [-0.3, -0.25) is 0 Å². The van der Waals surface area contributed by atoms with Crippen molar-refractivity contribution < 1.29 is 0 Å². The van der Waals surface area contributed by atoms with Crippen molar-refractivity contribution in [2.45, 2.75) is 18.8 Å². The smallest absolute Gasteiger partial charge is 0.355 e. The summed E-state index contributed by atoms with van der Waals surface area (Å²) in [5.74, 6) is 0.712. The van der Waals surface area contributed by atoms with Gasteiger partial charge in [-0.2, -0.15) is 4.98 Å². The highest BCUT2D eigenvalue weighted by molar-refractivity contribution is 7.17. The van der Waals surface area contributed by atoms with Crippen LogP contribution >= 0.6 is 11.3 Å². The number of fused-ring (bicyclic) bond motifs is 2. The molecule has 2 N–H and O–H groups in total. The van der Waals surface area contributed by atoms with Gasteiger partial charge in [0.2, 0.25) is 0 Å². The number of nitrogen functional groups attached to an aromatic ring is 1. The van der Waals surface area contributed by atoms with Crippen molar-refractivity contribution in [1.82, 2.24) is 19.5 Å². The molecule has 0 spiro atoms. The van der Waals surface area contributed by atoms with Crippen LogP contribution < -0.4 is 11.4 Å². The van der Waals surface area contributed by atoms with Gasteiger partial charge in [0, 0.05) is 11.6 Å². The summed E-state index contributed by atoms with van der Waals surface area (Å²) in [4.78, 5) is 25.7. The minimum Gasteiger partial charge on any atom is -0.383 e. The molecule has 0 saturated heterocycles. The number of hydrogen-bond donors (Lipinski definition) is 1.